The number of carbonyl (C=O) groups excluding carboxylic acids is 1. The van der Waals surface area contributed by atoms with Crippen molar-refractivity contribution in [3.8, 4) is 0 Å². The number of hydrogen-bond donors (Lipinski definition) is 2. The molecule has 0 heterocycles. The van der Waals surface area contributed by atoms with E-state index in [9.17, 15) is 15.0 Å². The summed E-state index contributed by atoms with van der Waals surface area (Å²) in [5, 5.41) is 20.2. The Kier molecular flexibility index (Phi) is 5.97. The van der Waals surface area contributed by atoms with Gasteiger partial charge in [-0.3, -0.25) is 4.79 Å². The summed E-state index contributed by atoms with van der Waals surface area (Å²) in [6.45, 7) is 3.65. The zero-order valence-electron chi connectivity index (χ0n) is 13.9. The SMILES string of the molecule is CC(C)(O)[C@@H]1CC=C(COC(=O)CCc2ccccc2)[C@H](O)C1. The molecule has 0 bridgehead atoms. The van der Waals surface area contributed by atoms with Crippen LogP contribution in [0.25, 0.3) is 0 Å². The number of hydrogen-bond acceptors (Lipinski definition) is 4. The Bertz CT molecular complexity index is 542. The summed E-state index contributed by atoms with van der Waals surface area (Å²) in [6.07, 6.45) is 3.42. The third-order valence-corrected chi connectivity index (χ3v) is 4.46. The van der Waals surface area contributed by atoms with Crippen LogP contribution in [0.15, 0.2) is 42.0 Å². The van der Waals surface area contributed by atoms with Gasteiger partial charge < -0.3 is 14.9 Å². The second-order valence-electron chi connectivity index (χ2n) is 6.76. The number of carbonyl (C=O) groups is 1. The van der Waals surface area contributed by atoms with Crippen LogP contribution in [0, 0.1) is 5.92 Å². The first-order valence-corrected chi connectivity index (χ1v) is 8.15. The first-order valence-electron chi connectivity index (χ1n) is 8.15. The summed E-state index contributed by atoms with van der Waals surface area (Å²) in [6, 6.07) is 9.81. The molecule has 0 saturated carbocycles. The second kappa shape index (κ2) is 7.75. The highest BCUT2D eigenvalue weighted by atomic mass is 16.5. The Labute approximate surface area is 137 Å². The molecule has 4 nitrogen and oxygen atoms in total. The van der Waals surface area contributed by atoms with Crippen LogP contribution in [-0.2, 0) is 16.0 Å². The van der Waals surface area contributed by atoms with Crippen LogP contribution in [0.5, 0.6) is 0 Å². The van der Waals surface area contributed by atoms with E-state index < -0.39 is 11.7 Å². The minimum absolute atomic E-state index is 0.0232. The van der Waals surface area contributed by atoms with Gasteiger partial charge in [0.05, 0.1) is 11.7 Å². The molecule has 2 atom stereocenters. The lowest BCUT2D eigenvalue weighted by atomic mass is 9.78. The van der Waals surface area contributed by atoms with E-state index in [0.717, 1.165) is 11.1 Å². The fourth-order valence-electron chi connectivity index (χ4n) is 2.81. The number of esters is 1. The maximum atomic E-state index is 11.8. The van der Waals surface area contributed by atoms with Gasteiger partial charge in [-0.05, 0) is 50.2 Å². The summed E-state index contributed by atoms with van der Waals surface area (Å²) in [5.41, 5.74) is 1.03. The Morgan fingerprint density at radius 1 is 1.30 bits per heavy atom. The third kappa shape index (κ3) is 5.48. The molecule has 23 heavy (non-hydrogen) atoms. The molecule has 0 aliphatic heterocycles. The van der Waals surface area contributed by atoms with Gasteiger partial charge in [0.25, 0.3) is 0 Å². The van der Waals surface area contributed by atoms with E-state index in [2.05, 4.69) is 0 Å². The lowest BCUT2D eigenvalue weighted by Gasteiger charge is -2.34. The lowest BCUT2D eigenvalue weighted by molar-refractivity contribution is -0.143. The van der Waals surface area contributed by atoms with E-state index in [0.29, 0.717) is 25.7 Å². The molecule has 0 aromatic heterocycles. The first-order chi connectivity index (χ1) is 10.9. The fourth-order valence-corrected chi connectivity index (χ4v) is 2.81. The van der Waals surface area contributed by atoms with E-state index in [4.69, 9.17) is 4.74 Å². The summed E-state index contributed by atoms with van der Waals surface area (Å²) in [5.74, 6) is -0.235. The molecule has 0 radical (unpaired) electrons. The predicted molar refractivity (Wildman–Crippen MR) is 88.8 cm³/mol. The zero-order valence-corrected chi connectivity index (χ0v) is 13.9. The van der Waals surface area contributed by atoms with Gasteiger partial charge in [-0.2, -0.15) is 0 Å². The maximum absolute atomic E-state index is 11.8. The quantitative estimate of drug-likeness (QED) is 0.625. The van der Waals surface area contributed by atoms with Crippen molar-refractivity contribution in [1.29, 1.82) is 0 Å². The first kappa shape index (κ1) is 17.7. The van der Waals surface area contributed by atoms with Crippen LogP contribution in [0.4, 0.5) is 0 Å². The molecule has 1 aliphatic rings. The molecule has 2 N–H and O–H groups in total. The van der Waals surface area contributed by atoms with Crippen molar-refractivity contribution in [3.05, 3.63) is 47.5 Å². The van der Waals surface area contributed by atoms with Gasteiger partial charge in [0.2, 0.25) is 0 Å². The van der Waals surface area contributed by atoms with Crippen molar-refractivity contribution in [2.24, 2.45) is 5.92 Å². The number of rotatable bonds is 6. The van der Waals surface area contributed by atoms with Crippen LogP contribution in [-0.4, -0.2) is 34.5 Å². The fraction of sp³-hybridized carbons (Fsp3) is 0.526. The van der Waals surface area contributed by atoms with Gasteiger partial charge in [0.1, 0.15) is 6.61 Å². The number of aliphatic hydroxyl groups is 2. The highest BCUT2D eigenvalue weighted by Gasteiger charge is 2.32. The minimum atomic E-state index is -0.810. The summed E-state index contributed by atoms with van der Waals surface area (Å²) in [4.78, 5) is 11.8. The molecule has 126 valence electrons. The van der Waals surface area contributed by atoms with Gasteiger partial charge in [-0.1, -0.05) is 36.4 Å². The van der Waals surface area contributed by atoms with Crippen molar-refractivity contribution in [2.45, 2.75) is 51.2 Å². The number of benzene rings is 1. The van der Waals surface area contributed by atoms with Crippen molar-refractivity contribution in [1.82, 2.24) is 0 Å². The van der Waals surface area contributed by atoms with E-state index in [1.165, 1.54) is 0 Å². The van der Waals surface area contributed by atoms with Gasteiger partial charge in [0.15, 0.2) is 0 Å². The minimum Gasteiger partial charge on any atom is -0.461 e. The highest BCUT2D eigenvalue weighted by Crippen LogP contribution is 2.32. The van der Waals surface area contributed by atoms with Crippen molar-refractivity contribution >= 4 is 5.97 Å². The molecule has 1 aromatic carbocycles. The molecule has 2 rings (SSSR count). The van der Waals surface area contributed by atoms with Crippen LogP contribution < -0.4 is 0 Å². The summed E-state index contributed by atoms with van der Waals surface area (Å²) in [7, 11) is 0. The molecular weight excluding hydrogens is 292 g/mol. The Hall–Kier alpha value is -1.65. The number of allylic oxidation sites excluding steroid dienone is 1. The molecule has 0 amide bonds. The average molecular weight is 318 g/mol. The van der Waals surface area contributed by atoms with Gasteiger partial charge in [0, 0.05) is 6.42 Å². The zero-order chi connectivity index (χ0) is 16.9. The number of ether oxygens (including phenoxy) is 1. The van der Waals surface area contributed by atoms with Crippen molar-refractivity contribution in [3.63, 3.8) is 0 Å². The standard InChI is InChI=1S/C19H26O4/c1-19(2,22)16-10-9-15(17(20)12-16)13-23-18(21)11-8-14-6-4-3-5-7-14/h3-7,9,16-17,20,22H,8,10-13H2,1-2H3/t16-,17-/m1/s1. The van der Waals surface area contributed by atoms with E-state index in [1.807, 2.05) is 36.4 Å². The molecular formula is C19H26O4. The molecule has 1 aromatic rings. The topological polar surface area (TPSA) is 66.8 Å². The molecule has 0 fully saturated rings. The van der Waals surface area contributed by atoms with E-state index in [1.54, 1.807) is 13.8 Å². The van der Waals surface area contributed by atoms with Crippen LogP contribution >= 0.6 is 0 Å². The number of aryl methyl sites for hydroxylation is 1. The summed E-state index contributed by atoms with van der Waals surface area (Å²) < 4.78 is 5.26. The Morgan fingerprint density at radius 2 is 2.00 bits per heavy atom. The van der Waals surface area contributed by atoms with E-state index in [-0.39, 0.29) is 18.5 Å². The maximum Gasteiger partial charge on any atom is 0.306 e. The molecule has 0 unspecified atom stereocenters. The molecule has 1 aliphatic carbocycles. The molecule has 0 spiro atoms. The largest absolute Gasteiger partial charge is 0.461 e. The van der Waals surface area contributed by atoms with Gasteiger partial charge in [-0.25, -0.2) is 0 Å². The smallest absolute Gasteiger partial charge is 0.306 e. The molecule has 0 saturated heterocycles. The van der Waals surface area contributed by atoms with Crippen LogP contribution in [0.2, 0.25) is 0 Å². The Balaban J connectivity index is 1.77. The van der Waals surface area contributed by atoms with Crippen LogP contribution in [0.1, 0.15) is 38.7 Å². The highest BCUT2D eigenvalue weighted by molar-refractivity contribution is 5.69. The third-order valence-electron chi connectivity index (χ3n) is 4.46. The second-order valence-corrected chi connectivity index (χ2v) is 6.76. The van der Waals surface area contributed by atoms with Crippen molar-refractivity contribution in [2.75, 3.05) is 6.61 Å². The van der Waals surface area contributed by atoms with Crippen molar-refractivity contribution < 1.29 is 19.7 Å². The monoisotopic (exact) mass is 318 g/mol. The average Bonchev–Trinajstić information content (AvgIpc) is 2.51. The van der Waals surface area contributed by atoms with E-state index >= 15 is 0 Å². The normalized spacial score (nSPS) is 21.7. The van der Waals surface area contributed by atoms with Gasteiger partial charge in [-0.15, -0.1) is 0 Å². The number of aliphatic hydroxyl groups excluding tert-OH is 1. The molecule has 4 heteroatoms. The van der Waals surface area contributed by atoms with Crippen LogP contribution in [0.3, 0.4) is 0 Å². The Morgan fingerprint density at radius 3 is 2.61 bits per heavy atom. The van der Waals surface area contributed by atoms with Gasteiger partial charge >= 0.3 is 5.97 Å². The predicted octanol–water partition coefficient (Wildman–Crippen LogP) is 2.63. The summed E-state index contributed by atoms with van der Waals surface area (Å²) >= 11 is 0. The lowest BCUT2D eigenvalue weighted by Crippen LogP contribution is -2.36.